The zero-order valence-electron chi connectivity index (χ0n) is 13.5. The van der Waals surface area contributed by atoms with Gasteiger partial charge in [-0.15, -0.1) is 12.4 Å². The average Bonchev–Trinajstić information content (AvgIpc) is 3.03. The van der Waals surface area contributed by atoms with E-state index in [0.717, 1.165) is 31.2 Å². The third-order valence-electron chi connectivity index (χ3n) is 4.43. The molecular formula is C17H26ClN3O2. The molecule has 0 spiro atoms. The van der Waals surface area contributed by atoms with Crippen LogP contribution in [-0.2, 0) is 11.2 Å². The Hall–Kier alpha value is -1.59. The largest absolute Gasteiger partial charge is 0.356 e. The number of hydrogen-bond donors (Lipinski definition) is 3. The van der Waals surface area contributed by atoms with Crippen LogP contribution in [0.3, 0.4) is 0 Å². The first-order chi connectivity index (χ1) is 10.7. The first-order valence-corrected chi connectivity index (χ1v) is 7.94. The van der Waals surface area contributed by atoms with Crippen molar-refractivity contribution < 1.29 is 9.59 Å². The van der Waals surface area contributed by atoms with Gasteiger partial charge in [-0.25, -0.2) is 0 Å². The Balaban J connectivity index is 0.00000264. The zero-order valence-corrected chi connectivity index (χ0v) is 14.3. The van der Waals surface area contributed by atoms with Crippen molar-refractivity contribution >= 4 is 24.2 Å². The Labute approximate surface area is 143 Å². The number of nitrogens with one attached hydrogen (secondary N) is 2. The molecule has 1 aromatic carbocycles. The molecule has 1 aromatic rings. The molecule has 2 atom stereocenters. The van der Waals surface area contributed by atoms with Crippen molar-refractivity contribution in [2.24, 2.45) is 17.6 Å². The third-order valence-corrected chi connectivity index (χ3v) is 4.43. The highest BCUT2D eigenvalue weighted by Gasteiger charge is 2.31. The Morgan fingerprint density at radius 2 is 2.09 bits per heavy atom. The monoisotopic (exact) mass is 339 g/mol. The van der Waals surface area contributed by atoms with Crippen molar-refractivity contribution in [2.45, 2.75) is 25.7 Å². The number of benzene rings is 1. The van der Waals surface area contributed by atoms with Gasteiger partial charge in [-0.3, -0.25) is 9.59 Å². The van der Waals surface area contributed by atoms with Gasteiger partial charge in [0.05, 0.1) is 0 Å². The van der Waals surface area contributed by atoms with Crippen LogP contribution in [0.2, 0.25) is 0 Å². The second-order valence-electron chi connectivity index (χ2n) is 5.85. The molecule has 0 saturated heterocycles. The van der Waals surface area contributed by atoms with Crippen LogP contribution in [0.5, 0.6) is 0 Å². The summed E-state index contributed by atoms with van der Waals surface area (Å²) in [4.78, 5) is 23.8. The molecule has 1 fully saturated rings. The normalized spacial score (nSPS) is 19.7. The molecule has 1 aliphatic carbocycles. The fourth-order valence-corrected chi connectivity index (χ4v) is 3.14. The van der Waals surface area contributed by atoms with Gasteiger partial charge in [-0.1, -0.05) is 18.6 Å². The highest BCUT2D eigenvalue weighted by molar-refractivity contribution is 5.94. The number of carbonyl (C=O) groups excluding carboxylic acids is 2. The van der Waals surface area contributed by atoms with Crippen molar-refractivity contribution in [2.75, 3.05) is 20.1 Å². The fourth-order valence-electron chi connectivity index (χ4n) is 3.14. The van der Waals surface area contributed by atoms with Crippen molar-refractivity contribution in [3.63, 3.8) is 0 Å². The minimum absolute atomic E-state index is 0. The van der Waals surface area contributed by atoms with Crippen LogP contribution < -0.4 is 16.4 Å². The summed E-state index contributed by atoms with van der Waals surface area (Å²) in [7, 11) is 1.62. The standard InChI is InChI=1S/C17H25N3O2.ClH/c1-19-16(21)13-5-2-4-12(10-13)8-9-20-17(22)15-7-3-6-14(15)11-18;/h2,4-5,10,14-15H,3,6-9,11,18H2,1H3,(H,19,21)(H,20,22);1H/t14-,15-;/m1./s1. The van der Waals surface area contributed by atoms with Gasteiger partial charge in [-0.2, -0.15) is 0 Å². The lowest BCUT2D eigenvalue weighted by Crippen LogP contribution is -2.36. The molecule has 2 amide bonds. The Kier molecular flexibility index (Phi) is 8.06. The molecule has 0 bridgehead atoms. The van der Waals surface area contributed by atoms with Gasteiger partial charge < -0.3 is 16.4 Å². The van der Waals surface area contributed by atoms with Gasteiger partial charge in [0.15, 0.2) is 0 Å². The quantitative estimate of drug-likeness (QED) is 0.734. The van der Waals surface area contributed by atoms with Crippen LogP contribution in [0.15, 0.2) is 24.3 Å². The van der Waals surface area contributed by atoms with E-state index in [9.17, 15) is 9.59 Å². The molecule has 0 radical (unpaired) electrons. The van der Waals surface area contributed by atoms with E-state index in [2.05, 4.69) is 10.6 Å². The summed E-state index contributed by atoms with van der Waals surface area (Å²) in [6.07, 6.45) is 3.81. The van der Waals surface area contributed by atoms with Crippen molar-refractivity contribution in [1.29, 1.82) is 0 Å². The Morgan fingerprint density at radius 3 is 2.78 bits per heavy atom. The molecule has 1 aliphatic rings. The molecule has 0 unspecified atom stereocenters. The van der Waals surface area contributed by atoms with E-state index >= 15 is 0 Å². The molecule has 23 heavy (non-hydrogen) atoms. The first kappa shape index (κ1) is 19.5. The average molecular weight is 340 g/mol. The van der Waals surface area contributed by atoms with Gasteiger partial charge in [0.2, 0.25) is 5.91 Å². The highest BCUT2D eigenvalue weighted by atomic mass is 35.5. The van der Waals surface area contributed by atoms with E-state index in [4.69, 9.17) is 5.73 Å². The second kappa shape index (κ2) is 9.53. The lowest BCUT2D eigenvalue weighted by Gasteiger charge is -2.17. The predicted octanol–water partition coefficient (Wildman–Crippen LogP) is 1.50. The summed E-state index contributed by atoms with van der Waals surface area (Å²) >= 11 is 0. The molecule has 0 heterocycles. The molecule has 2 rings (SSSR count). The van der Waals surface area contributed by atoms with Gasteiger partial charge in [-0.05, 0) is 49.4 Å². The maximum atomic E-state index is 12.2. The summed E-state index contributed by atoms with van der Waals surface area (Å²) in [5.41, 5.74) is 7.41. The molecule has 128 valence electrons. The molecule has 5 nitrogen and oxygen atoms in total. The summed E-state index contributed by atoms with van der Waals surface area (Å²) in [5, 5.41) is 5.62. The summed E-state index contributed by atoms with van der Waals surface area (Å²) in [5.74, 6) is 0.428. The van der Waals surface area contributed by atoms with Crippen molar-refractivity contribution in [1.82, 2.24) is 10.6 Å². The van der Waals surface area contributed by atoms with E-state index < -0.39 is 0 Å². The topological polar surface area (TPSA) is 84.2 Å². The maximum Gasteiger partial charge on any atom is 0.251 e. The molecule has 0 aromatic heterocycles. The van der Waals surface area contributed by atoms with E-state index in [0.29, 0.717) is 24.6 Å². The molecule has 4 N–H and O–H groups in total. The van der Waals surface area contributed by atoms with E-state index in [1.165, 1.54) is 0 Å². The minimum atomic E-state index is -0.0948. The molecule has 0 aliphatic heterocycles. The fraction of sp³-hybridized carbons (Fsp3) is 0.529. The Morgan fingerprint density at radius 1 is 1.30 bits per heavy atom. The molecular weight excluding hydrogens is 314 g/mol. The summed E-state index contributed by atoms with van der Waals surface area (Å²) in [6.45, 7) is 1.18. The number of hydrogen-bond acceptors (Lipinski definition) is 3. The zero-order chi connectivity index (χ0) is 15.9. The number of halogens is 1. The number of nitrogens with two attached hydrogens (primary N) is 1. The maximum absolute atomic E-state index is 12.2. The van der Waals surface area contributed by atoms with E-state index in [1.54, 1.807) is 13.1 Å². The lowest BCUT2D eigenvalue weighted by molar-refractivity contribution is -0.125. The number of amides is 2. The summed E-state index contributed by atoms with van der Waals surface area (Å²) < 4.78 is 0. The van der Waals surface area contributed by atoms with Crippen LogP contribution in [0.4, 0.5) is 0 Å². The summed E-state index contributed by atoms with van der Waals surface area (Å²) in [6, 6.07) is 7.48. The molecule has 1 saturated carbocycles. The van der Waals surface area contributed by atoms with Crippen LogP contribution >= 0.6 is 12.4 Å². The number of carbonyl (C=O) groups is 2. The smallest absolute Gasteiger partial charge is 0.251 e. The van der Waals surface area contributed by atoms with Crippen LogP contribution in [0, 0.1) is 11.8 Å². The first-order valence-electron chi connectivity index (χ1n) is 7.94. The SMILES string of the molecule is CNC(=O)c1cccc(CCNC(=O)[C@@H]2CCC[C@@H]2CN)c1.Cl. The van der Waals surface area contributed by atoms with Crippen LogP contribution in [0.25, 0.3) is 0 Å². The van der Waals surface area contributed by atoms with Gasteiger partial charge in [0.1, 0.15) is 0 Å². The third kappa shape index (κ3) is 5.22. The van der Waals surface area contributed by atoms with Crippen LogP contribution in [0.1, 0.15) is 35.2 Å². The second-order valence-corrected chi connectivity index (χ2v) is 5.85. The lowest BCUT2D eigenvalue weighted by atomic mass is 9.95. The minimum Gasteiger partial charge on any atom is -0.356 e. The number of rotatable bonds is 6. The van der Waals surface area contributed by atoms with Gasteiger partial charge in [0.25, 0.3) is 5.91 Å². The van der Waals surface area contributed by atoms with E-state index in [1.807, 2.05) is 18.2 Å². The predicted molar refractivity (Wildman–Crippen MR) is 93.7 cm³/mol. The van der Waals surface area contributed by atoms with E-state index in [-0.39, 0.29) is 30.1 Å². The van der Waals surface area contributed by atoms with Gasteiger partial charge >= 0.3 is 0 Å². The van der Waals surface area contributed by atoms with Gasteiger partial charge in [0, 0.05) is 25.1 Å². The van der Waals surface area contributed by atoms with Crippen molar-refractivity contribution in [3.8, 4) is 0 Å². The highest BCUT2D eigenvalue weighted by Crippen LogP contribution is 2.30. The van der Waals surface area contributed by atoms with Crippen molar-refractivity contribution in [3.05, 3.63) is 35.4 Å². The van der Waals surface area contributed by atoms with Crippen LogP contribution in [-0.4, -0.2) is 32.0 Å². The molecule has 6 heteroatoms. The Bertz CT molecular complexity index is 536.